The van der Waals surface area contributed by atoms with Crippen LogP contribution < -0.4 is 5.73 Å². The lowest BCUT2D eigenvalue weighted by molar-refractivity contribution is 1.24. The predicted octanol–water partition coefficient (Wildman–Crippen LogP) is 2.23. The Labute approximate surface area is 110 Å². The third-order valence-electron chi connectivity index (χ3n) is 1.40. The molecule has 0 fully saturated rings. The average molecular weight is 301 g/mol. The van der Waals surface area contributed by atoms with E-state index in [0.29, 0.717) is 5.17 Å². The van der Waals surface area contributed by atoms with Gasteiger partial charge in [-0.25, -0.2) is 0 Å². The van der Waals surface area contributed by atoms with Gasteiger partial charge in [-0.1, -0.05) is 23.9 Å². The molecular formula is C10H13BrN4S. The van der Waals surface area contributed by atoms with E-state index in [1.165, 1.54) is 11.8 Å². The van der Waals surface area contributed by atoms with Crippen molar-refractivity contribution in [2.45, 2.75) is 0 Å². The van der Waals surface area contributed by atoms with Gasteiger partial charge < -0.3 is 5.73 Å². The van der Waals surface area contributed by atoms with Crippen molar-refractivity contribution < 1.29 is 0 Å². The maximum atomic E-state index is 5.56. The summed E-state index contributed by atoms with van der Waals surface area (Å²) in [6, 6.07) is 3.72. The van der Waals surface area contributed by atoms with Crippen molar-refractivity contribution >= 4 is 40.1 Å². The topological polar surface area (TPSA) is 63.6 Å². The number of halogens is 1. The molecule has 0 saturated heterocycles. The first-order valence-electron chi connectivity index (χ1n) is 4.33. The molecule has 0 amide bonds. The molecule has 1 aromatic rings. The number of rotatable bonds is 4. The Morgan fingerprint density at radius 1 is 1.62 bits per heavy atom. The van der Waals surface area contributed by atoms with Crippen molar-refractivity contribution in [2.75, 3.05) is 5.75 Å². The zero-order chi connectivity index (χ0) is 10.9. The number of nitrogens with zero attached hydrogens (tertiary/aromatic N) is 3. The SMILES string of the molecule is Br.C=CCS/C(N)=N\N=C\c1cccnc1. The van der Waals surface area contributed by atoms with Gasteiger partial charge in [0.25, 0.3) is 0 Å². The fraction of sp³-hybridized carbons (Fsp3) is 0.100. The first kappa shape index (κ1) is 14.9. The highest BCUT2D eigenvalue weighted by molar-refractivity contribution is 8.93. The molecular weight excluding hydrogens is 288 g/mol. The standard InChI is InChI=1S/C10H12N4S.BrH/c1-2-6-15-10(11)14-13-8-9-4-3-5-12-7-9;/h2-5,7-8H,1,6H2,(H2,11,14);1H/b13-8+;. The molecule has 1 rings (SSSR count). The maximum Gasteiger partial charge on any atom is 0.180 e. The van der Waals surface area contributed by atoms with Crippen LogP contribution in [0.3, 0.4) is 0 Å². The van der Waals surface area contributed by atoms with Gasteiger partial charge in [0, 0.05) is 23.7 Å². The van der Waals surface area contributed by atoms with E-state index in [9.17, 15) is 0 Å². The van der Waals surface area contributed by atoms with Gasteiger partial charge in [0.05, 0.1) is 6.21 Å². The molecule has 0 aliphatic carbocycles. The fourth-order valence-corrected chi connectivity index (χ4v) is 1.17. The Bertz CT molecular complexity index is 364. The van der Waals surface area contributed by atoms with Gasteiger partial charge in [-0.3, -0.25) is 4.98 Å². The summed E-state index contributed by atoms with van der Waals surface area (Å²) in [6.07, 6.45) is 6.77. The molecule has 0 aliphatic rings. The molecule has 1 heterocycles. The largest absolute Gasteiger partial charge is 0.377 e. The van der Waals surface area contributed by atoms with Gasteiger partial charge in [-0.05, 0) is 6.07 Å². The van der Waals surface area contributed by atoms with Gasteiger partial charge in [-0.15, -0.1) is 28.7 Å². The van der Waals surface area contributed by atoms with E-state index in [4.69, 9.17) is 5.73 Å². The third-order valence-corrected chi connectivity index (χ3v) is 2.18. The second-order valence-electron chi connectivity index (χ2n) is 2.57. The van der Waals surface area contributed by atoms with Crippen LogP contribution in [0, 0.1) is 0 Å². The molecule has 16 heavy (non-hydrogen) atoms. The van der Waals surface area contributed by atoms with Crippen LogP contribution in [0.5, 0.6) is 0 Å². The van der Waals surface area contributed by atoms with Crippen LogP contribution in [0.15, 0.2) is 47.4 Å². The minimum atomic E-state index is 0. The van der Waals surface area contributed by atoms with Crippen LogP contribution in [0.2, 0.25) is 0 Å². The smallest absolute Gasteiger partial charge is 0.180 e. The molecule has 0 radical (unpaired) electrons. The molecule has 4 nitrogen and oxygen atoms in total. The molecule has 0 unspecified atom stereocenters. The van der Waals surface area contributed by atoms with Crippen LogP contribution in [-0.2, 0) is 0 Å². The zero-order valence-corrected chi connectivity index (χ0v) is 11.1. The third kappa shape index (κ3) is 6.36. The molecule has 0 aromatic carbocycles. The minimum Gasteiger partial charge on any atom is -0.377 e. The highest BCUT2D eigenvalue weighted by atomic mass is 79.9. The van der Waals surface area contributed by atoms with E-state index in [2.05, 4.69) is 21.8 Å². The van der Waals surface area contributed by atoms with Gasteiger partial charge in [0.1, 0.15) is 0 Å². The van der Waals surface area contributed by atoms with Crippen LogP contribution in [0.4, 0.5) is 0 Å². The van der Waals surface area contributed by atoms with Crippen molar-refractivity contribution in [3.05, 3.63) is 42.7 Å². The monoisotopic (exact) mass is 300 g/mol. The minimum absolute atomic E-state index is 0. The Balaban J connectivity index is 0.00000225. The van der Waals surface area contributed by atoms with E-state index in [-0.39, 0.29) is 17.0 Å². The summed E-state index contributed by atoms with van der Waals surface area (Å²) >= 11 is 1.39. The van der Waals surface area contributed by atoms with Gasteiger partial charge in [-0.2, -0.15) is 5.10 Å². The van der Waals surface area contributed by atoms with Gasteiger partial charge in [0.15, 0.2) is 5.17 Å². The summed E-state index contributed by atoms with van der Waals surface area (Å²) in [5.74, 6) is 0.734. The molecule has 0 spiro atoms. The number of nitrogens with two attached hydrogens (primary N) is 1. The van der Waals surface area contributed by atoms with Crippen molar-refractivity contribution in [1.29, 1.82) is 0 Å². The van der Waals surface area contributed by atoms with E-state index >= 15 is 0 Å². The quantitative estimate of drug-likeness (QED) is 0.401. The Kier molecular flexibility index (Phi) is 8.46. The number of hydrogen-bond acceptors (Lipinski definition) is 4. The summed E-state index contributed by atoms with van der Waals surface area (Å²) in [4.78, 5) is 3.94. The molecule has 86 valence electrons. The normalized spacial score (nSPS) is 11.1. The Morgan fingerprint density at radius 3 is 3.06 bits per heavy atom. The first-order chi connectivity index (χ1) is 7.33. The van der Waals surface area contributed by atoms with E-state index in [1.54, 1.807) is 24.7 Å². The molecule has 0 saturated carbocycles. The molecule has 1 aromatic heterocycles. The molecule has 0 atom stereocenters. The summed E-state index contributed by atoms with van der Waals surface area (Å²) in [5.41, 5.74) is 6.45. The number of aromatic nitrogens is 1. The molecule has 6 heteroatoms. The average Bonchev–Trinajstić information content (AvgIpc) is 2.28. The number of amidine groups is 1. The predicted molar refractivity (Wildman–Crippen MR) is 76.4 cm³/mol. The highest BCUT2D eigenvalue weighted by Crippen LogP contribution is 1.99. The number of thioether (sulfide) groups is 1. The Morgan fingerprint density at radius 2 is 2.44 bits per heavy atom. The summed E-state index contributed by atoms with van der Waals surface area (Å²) < 4.78 is 0. The highest BCUT2D eigenvalue weighted by Gasteiger charge is 1.89. The number of hydrogen-bond donors (Lipinski definition) is 1. The molecule has 0 aliphatic heterocycles. The number of pyridine rings is 1. The second kappa shape index (κ2) is 9.11. The van der Waals surface area contributed by atoms with Gasteiger partial charge in [0.2, 0.25) is 0 Å². The van der Waals surface area contributed by atoms with Crippen LogP contribution in [0.25, 0.3) is 0 Å². The summed E-state index contributed by atoms with van der Waals surface area (Å²) in [5, 5.41) is 8.07. The second-order valence-corrected chi connectivity index (χ2v) is 3.61. The maximum absolute atomic E-state index is 5.56. The van der Waals surface area contributed by atoms with Crippen molar-refractivity contribution in [3.63, 3.8) is 0 Å². The first-order valence-corrected chi connectivity index (χ1v) is 5.31. The van der Waals surface area contributed by atoms with Crippen LogP contribution in [0.1, 0.15) is 5.56 Å². The van der Waals surface area contributed by atoms with E-state index < -0.39 is 0 Å². The van der Waals surface area contributed by atoms with E-state index in [0.717, 1.165) is 11.3 Å². The summed E-state index contributed by atoms with van der Waals surface area (Å²) in [6.45, 7) is 3.58. The Hall–Kier alpha value is -1.14. The fourth-order valence-electron chi connectivity index (χ4n) is 0.778. The van der Waals surface area contributed by atoms with Crippen molar-refractivity contribution in [2.24, 2.45) is 15.9 Å². The van der Waals surface area contributed by atoms with Gasteiger partial charge >= 0.3 is 0 Å². The molecule has 2 N–H and O–H groups in total. The van der Waals surface area contributed by atoms with Crippen LogP contribution >= 0.6 is 28.7 Å². The summed E-state index contributed by atoms with van der Waals surface area (Å²) in [7, 11) is 0. The van der Waals surface area contributed by atoms with Crippen LogP contribution in [-0.4, -0.2) is 22.1 Å². The molecule has 0 bridgehead atoms. The van der Waals surface area contributed by atoms with Crippen molar-refractivity contribution in [1.82, 2.24) is 4.98 Å². The van der Waals surface area contributed by atoms with Crippen molar-refractivity contribution in [3.8, 4) is 0 Å². The van der Waals surface area contributed by atoms with E-state index in [1.807, 2.05) is 12.1 Å². The zero-order valence-electron chi connectivity index (χ0n) is 8.61. The lowest BCUT2D eigenvalue weighted by Crippen LogP contribution is -2.05. The lowest BCUT2D eigenvalue weighted by Gasteiger charge is -1.92. The lowest BCUT2D eigenvalue weighted by atomic mass is 10.3.